The van der Waals surface area contributed by atoms with Crippen molar-refractivity contribution in [1.82, 2.24) is 9.55 Å². The molecule has 1 aromatic heterocycles. The fourth-order valence-corrected chi connectivity index (χ4v) is 1.52. The van der Waals surface area contributed by atoms with Crippen molar-refractivity contribution in [2.24, 2.45) is 0 Å². The van der Waals surface area contributed by atoms with Gasteiger partial charge in [-0.25, -0.2) is 4.98 Å². The van der Waals surface area contributed by atoms with E-state index in [2.05, 4.69) is 20.9 Å². The Hall–Kier alpha value is -0.680. The quantitative estimate of drug-likeness (QED) is 0.769. The molecule has 0 radical (unpaired) electrons. The minimum Gasteiger partial charge on any atom is -0.382 e. The molecule has 0 atom stereocenters. The van der Waals surface area contributed by atoms with Crippen molar-refractivity contribution >= 4 is 15.9 Å². The van der Waals surface area contributed by atoms with Crippen LogP contribution in [0.5, 0.6) is 0 Å². The Morgan fingerprint density at radius 2 is 2.33 bits per heavy atom. The number of hydrogen-bond donors (Lipinski definition) is 0. The van der Waals surface area contributed by atoms with Crippen molar-refractivity contribution in [2.75, 3.05) is 13.2 Å². The Bertz CT molecular complexity index is 376. The third-order valence-corrected chi connectivity index (χ3v) is 2.96. The molecule has 1 heterocycles. The number of ether oxygens (including phenoxy) is 1. The highest BCUT2D eigenvalue weighted by atomic mass is 79.9. The Labute approximate surface area is 97.4 Å². The van der Waals surface area contributed by atoms with Gasteiger partial charge in [0.25, 0.3) is 5.56 Å². The van der Waals surface area contributed by atoms with Crippen LogP contribution in [0.25, 0.3) is 0 Å². The summed E-state index contributed by atoms with van der Waals surface area (Å²) >= 11 is 3.23. The van der Waals surface area contributed by atoms with E-state index in [9.17, 15) is 4.79 Å². The SMILES string of the molecule is CCOCCCn1cnc(C)c(Br)c1=O. The summed E-state index contributed by atoms with van der Waals surface area (Å²) in [7, 11) is 0. The van der Waals surface area contributed by atoms with Crippen LogP contribution in [0.4, 0.5) is 0 Å². The second kappa shape index (κ2) is 6.02. The molecule has 5 heteroatoms. The molecular weight excluding hydrogens is 260 g/mol. The highest BCUT2D eigenvalue weighted by molar-refractivity contribution is 9.10. The number of aryl methyl sites for hydroxylation is 2. The largest absolute Gasteiger partial charge is 0.382 e. The van der Waals surface area contributed by atoms with Gasteiger partial charge in [0, 0.05) is 19.8 Å². The Kier molecular flexibility index (Phi) is 4.98. The summed E-state index contributed by atoms with van der Waals surface area (Å²) in [5.41, 5.74) is 0.694. The zero-order valence-corrected chi connectivity index (χ0v) is 10.6. The summed E-state index contributed by atoms with van der Waals surface area (Å²) in [5.74, 6) is 0. The Balaban J connectivity index is 2.63. The standard InChI is InChI=1S/C10H15BrN2O2/c1-3-15-6-4-5-13-7-12-8(2)9(11)10(13)14/h7H,3-6H2,1-2H3. The molecule has 0 aliphatic heterocycles. The molecule has 4 nitrogen and oxygen atoms in total. The summed E-state index contributed by atoms with van der Waals surface area (Å²) in [6.07, 6.45) is 2.40. The van der Waals surface area contributed by atoms with Gasteiger partial charge in [-0.2, -0.15) is 0 Å². The summed E-state index contributed by atoms with van der Waals surface area (Å²) in [5, 5.41) is 0. The minimum atomic E-state index is -0.0287. The Morgan fingerprint density at radius 1 is 1.60 bits per heavy atom. The lowest BCUT2D eigenvalue weighted by molar-refractivity contribution is 0.141. The van der Waals surface area contributed by atoms with Crippen molar-refractivity contribution in [3.63, 3.8) is 0 Å². The average molecular weight is 275 g/mol. The first kappa shape index (κ1) is 12.4. The smallest absolute Gasteiger partial charge is 0.267 e. The topological polar surface area (TPSA) is 44.1 Å². The van der Waals surface area contributed by atoms with E-state index in [1.54, 1.807) is 17.8 Å². The summed E-state index contributed by atoms with van der Waals surface area (Å²) < 4.78 is 7.34. The van der Waals surface area contributed by atoms with E-state index in [-0.39, 0.29) is 5.56 Å². The zero-order chi connectivity index (χ0) is 11.3. The first-order chi connectivity index (χ1) is 7.16. The molecule has 0 bridgehead atoms. The van der Waals surface area contributed by atoms with E-state index in [0.717, 1.165) is 12.1 Å². The summed E-state index contributed by atoms with van der Waals surface area (Å²) in [6.45, 7) is 5.79. The van der Waals surface area contributed by atoms with Gasteiger partial charge in [0.2, 0.25) is 0 Å². The van der Waals surface area contributed by atoms with E-state index in [0.29, 0.717) is 24.2 Å². The van der Waals surface area contributed by atoms with E-state index in [1.165, 1.54) is 0 Å². The minimum absolute atomic E-state index is 0.0287. The van der Waals surface area contributed by atoms with E-state index in [1.807, 2.05) is 6.92 Å². The van der Waals surface area contributed by atoms with Gasteiger partial charge in [-0.15, -0.1) is 0 Å². The van der Waals surface area contributed by atoms with Gasteiger partial charge < -0.3 is 4.74 Å². The molecule has 0 saturated heterocycles. The molecule has 0 saturated carbocycles. The fraction of sp³-hybridized carbons (Fsp3) is 0.600. The maximum atomic E-state index is 11.7. The molecule has 0 unspecified atom stereocenters. The normalized spacial score (nSPS) is 10.6. The molecule has 1 aromatic rings. The number of halogens is 1. The molecule has 0 aromatic carbocycles. The first-order valence-corrected chi connectivity index (χ1v) is 5.75. The lowest BCUT2D eigenvalue weighted by atomic mass is 10.4. The van der Waals surface area contributed by atoms with Crippen molar-refractivity contribution in [2.45, 2.75) is 26.8 Å². The fourth-order valence-electron chi connectivity index (χ4n) is 1.19. The van der Waals surface area contributed by atoms with Gasteiger partial charge in [0.1, 0.15) is 4.47 Å². The number of nitrogens with zero attached hydrogens (tertiary/aromatic N) is 2. The van der Waals surface area contributed by atoms with Crippen LogP contribution >= 0.6 is 15.9 Å². The molecule has 0 fully saturated rings. The van der Waals surface area contributed by atoms with E-state index >= 15 is 0 Å². The molecule has 15 heavy (non-hydrogen) atoms. The van der Waals surface area contributed by atoms with Crippen LogP contribution in [0.3, 0.4) is 0 Å². The number of aromatic nitrogens is 2. The lowest BCUT2D eigenvalue weighted by Gasteiger charge is -2.06. The molecule has 0 aliphatic rings. The third kappa shape index (κ3) is 3.43. The maximum Gasteiger partial charge on any atom is 0.267 e. The van der Waals surface area contributed by atoms with Crippen LogP contribution in [0, 0.1) is 6.92 Å². The average Bonchev–Trinajstić information content (AvgIpc) is 2.24. The maximum absolute atomic E-state index is 11.7. The number of hydrogen-bond acceptors (Lipinski definition) is 3. The molecule has 0 spiro atoms. The van der Waals surface area contributed by atoms with Crippen molar-refractivity contribution in [1.29, 1.82) is 0 Å². The molecular formula is C10H15BrN2O2. The highest BCUT2D eigenvalue weighted by Crippen LogP contribution is 2.06. The van der Waals surface area contributed by atoms with Gasteiger partial charge >= 0.3 is 0 Å². The molecule has 1 rings (SSSR count). The van der Waals surface area contributed by atoms with E-state index < -0.39 is 0 Å². The third-order valence-electron chi connectivity index (χ3n) is 2.05. The zero-order valence-electron chi connectivity index (χ0n) is 8.99. The van der Waals surface area contributed by atoms with Crippen LogP contribution in [-0.4, -0.2) is 22.8 Å². The van der Waals surface area contributed by atoms with Gasteiger partial charge in [-0.1, -0.05) is 0 Å². The van der Waals surface area contributed by atoms with Crippen LogP contribution in [-0.2, 0) is 11.3 Å². The predicted octanol–water partition coefficient (Wildman–Crippen LogP) is 1.74. The van der Waals surface area contributed by atoms with Gasteiger partial charge in [-0.05, 0) is 36.2 Å². The summed E-state index contributed by atoms with van der Waals surface area (Å²) in [6, 6.07) is 0. The van der Waals surface area contributed by atoms with Crippen LogP contribution < -0.4 is 5.56 Å². The van der Waals surface area contributed by atoms with Crippen molar-refractivity contribution < 1.29 is 4.74 Å². The molecule has 0 N–H and O–H groups in total. The first-order valence-electron chi connectivity index (χ1n) is 4.96. The second-order valence-electron chi connectivity index (χ2n) is 3.19. The summed E-state index contributed by atoms with van der Waals surface area (Å²) in [4.78, 5) is 15.8. The monoisotopic (exact) mass is 274 g/mol. The van der Waals surface area contributed by atoms with Crippen molar-refractivity contribution in [3.8, 4) is 0 Å². The highest BCUT2D eigenvalue weighted by Gasteiger charge is 2.04. The molecule has 0 aliphatic carbocycles. The van der Waals surface area contributed by atoms with Gasteiger partial charge in [0.05, 0.1) is 12.0 Å². The van der Waals surface area contributed by atoms with Crippen LogP contribution in [0.1, 0.15) is 19.0 Å². The van der Waals surface area contributed by atoms with Crippen molar-refractivity contribution in [3.05, 3.63) is 26.8 Å². The van der Waals surface area contributed by atoms with Crippen LogP contribution in [0.2, 0.25) is 0 Å². The van der Waals surface area contributed by atoms with Crippen LogP contribution in [0.15, 0.2) is 15.6 Å². The van der Waals surface area contributed by atoms with Gasteiger partial charge in [-0.3, -0.25) is 9.36 Å². The molecule has 0 amide bonds. The Morgan fingerprint density at radius 3 is 3.00 bits per heavy atom. The van der Waals surface area contributed by atoms with E-state index in [4.69, 9.17) is 4.74 Å². The van der Waals surface area contributed by atoms with Gasteiger partial charge in [0.15, 0.2) is 0 Å². The lowest BCUT2D eigenvalue weighted by Crippen LogP contribution is -2.22. The predicted molar refractivity (Wildman–Crippen MR) is 62.0 cm³/mol. The molecule has 84 valence electrons. The second-order valence-corrected chi connectivity index (χ2v) is 3.99. The number of rotatable bonds is 5.